The van der Waals surface area contributed by atoms with Crippen LogP contribution in [0.15, 0.2) is 24.3 Å². The maximum atomic E-state index is 11.9. The molecule has 0 amide bonds. The van der Waals surface area contributed by atoms with Gasteiger partial charge in [-0.3, -0.25) is 9.69 Å². The fraction of sp³-hybridized carbons (Fsp3) is 0.417. The summed E-state index contributed by atoms with van der Waals surface area (Å²) in [6.45, 7) is 1.50. The number of nitrogens with zero attached hydrogens (tertiary/aromatic N) is 1. The highest BCUT2D eigenvalue weighted by molar-refractivity contribution is 6.31. The number of carbonyl (C=O) groups excluding carboxylic acids is 1. The molecule has 1 aliphatic heterocycles. The molecule has 1 heterocycles. The van der Waals surface area contributed by atoms with Crippen molar-refractivity contribution in [2.24, 2.45) is 0 Å². The van der Waals surface area contributed by atoms with Crippen LogP contribution in [0, 0.1) is 0 Å². The van der Waals surface area contributed by atoms with E-state index in [1.807, 2.05) is 31.3 Å². The molecule has 0 aromatic heterocycles. The van der Waals surface area contributed by atoms with Gasteiger partial charge in [0.2, 0.25) is 0 Å². The van der Waals surface area contributed by atoms with Crippen LogP contribution in [0.5, 0.6) is 0 Å². The molecule has 0 saturated carbocycles. The van der Waals surface area contributed by atoms with E-state index in [2.05, 4.69) is 4.90 Å². The summed E-state index contributed by atoms with van der Waals surface area (Å²) in [6, 6.07) is 7.64. The van der Waals surface area contributed by atoms with E-state index in [-0.39, 0.29) is 11.7 Å². The van der Waals surface area contributed by atoms with E-state index in [9.17, 15) is 4.79 Å². The van der Waals surface area contributed by atoms with Crippen molar-refractivity contribution in [3.8, 4) is 0 Å². The molecule has 1 aromatic rings. The molecule has 80 valence electrons. The lowest BCUT2D eigenvalue weighted by atomic mass is 9.88. The minimum atomic E-state index is -0.00472. The zero-order valence-electron chi connectivity index (χ0n) is 8.74. The molecule has 1 unspecified atom stereocenters. The number of carbonyl (C=O) groups is 1. The van der Waals surface area contributed by atoms with Gasteiger partial charge in [-0.2, -0.15) is 0 Å². The molecule has 0 radical (unpaired) electrons. The van der Waals surface area contributed by atoms with E-state index >= 15 is 0 Å². The molecule has 1 atom stereocenters. The predicted molar refractivity (Wildman–Crippen MR) is 61.3 cm³/mol. The third-order valence-corrected chi connectivity index (χ3v) is 3.24. The summed E-state index contributed by atoms with van der Waals surface area (Å²) in [5.74, 6) is 0.270. The fourth-order valence-electron chi connectivity index (χ4n) is 2.05. The number of Topliss-reactive ketones (excluding diaryl/α,β-unsaturated/α-hetero) is 1. The molecule has 2 rings (SSSR count). The Kier molecular flexibility index (Phi) is 3.08. The molecule has 1 aromatic carbocycles. The van der Waals surface area contributed by atoms with Crippen LogP contribution in [0.3, 0.4) is 0 Å². The number of likely N-dealkylation sites (N-methyl/N-ethyl adjacent to an activating group) is 1. The number of benzene rings is 1. The lowest BCUT2D eigenvalue weighted by Gasteiger charge is -2.28. The van der Waals surface area contributed by atoms with Crippen molar-refractivity contribution in [2.45, 2.75) is 12.3 Å². The van der Waals surface area contributed by atoms with Crippen LogP contribution in [0.1, 0.15) is 17.9 Å². The Bertz CT molecular complexity index is 378. The van der Waals surface area contributed by atoms with Gasteiger partial charge >= 0.3 is 0 Å². The number of hydrogen-bond donors (Lipinski definition) is 0. The molecule has 15 heavy (non-hydrogen) atoms. The van der Waals surface area contributed by atoms with Crippen LogP contribution in [0.25, 0.3) is 0 Å². The molecule has 1 saturated heterocycles. The van der Waals surface area contributed by atoms with Crippen molar-refractivity contribution in [1.82, 2.24) is 4.90 Å². The zero-order chi connectivity index (χ0) is 10.8. The average molecular weight is 224 g/mol. The summed E-state index contributed by atoms with van der Waals surface area (Å²) < 4.78 is 0. The topological polar surface area (TPSA) is 20.3 Å². The van der Waals surface area contributed by atoms with Gasteiger partial charge in [-0.25, -0.2) is 0 Å². The van der Waals surface area contributed by atoms with Gasteiger partial charge in [-0.1, -0.05) is 29.8 Å². The first-order valence-corrected chi connectivity index (χ1v) is 5.52. The van der Waals surface area contributed by atoms with Crippen molar-refractivity contribution >= 4 is 17.4 Å². The van der Waals surface area contributed by atoms with Gasteiger partial charge in [0, 0.05) is 10.9 Å². The quantitative estimate of drug-likeness (QED) is 0.729. The summed E-state index contributed by atoms with van der Waals surface area (Å²) in [7, 11) is 1.97. The Hall–Kier alpha value is -0.860. The van der Waals surface area contributed by atoms with Gasteiger partial charge in [-0.15, -0.1) is 0 Å². The smallest absolute Gasteiger partial charge is 0.154 e. The van der Waals surface area contributed by atoms with E-state index < -0.39 is 0 Å². The van der Waals surface area contributed by atoms with Crippen LogP contribution in [0.4, 0.5) is 0 Å². The molecule has 0 aliphatic carbocycles. The molecule has 0 N–H and O–H groups in total. The van der Waals surface area contributed by atoms with Gasteiger partial charge in [0.1, 0.15) is 0 Å². The highest BCUT2D eigenvalue weighted by Gasteiger charge is 2.27. The molecule has 0 bridgehead atoms. The number of rotatable bonds is 1. The first kappa shape index (κ1) is 10.7. The molecule has 0 spiro atoms. The van der Waals surface area contributed by atoms with Crippen molar-refractivity contribution in [2.75, 3.05) is 20.1 Å². The van der Waals surface area contributed by atoms with E-state index in [0.717, 1.165) is 18.5 Å². The molecule has 1 fully saturated rings. The van der Waals surface area contributed by atoms with Gasteiger partial charge in [0.25, 0.3) is 0 Å². The lowest BCUT2D eigenvalue weighted by molar-refractivity contribution is -0.123. The highest BCUT2D eigenvalue weighted by atomic mass is 35.5. The molecular formula is C12H14ClNO. The van der Waals surface area contributed by atoms with Crippen molar-refractivity contribution < 1.29 is 4.79 Å². The number of piperidine rings is 1. The van der Waals surface area contributed by atoms with Crippen molar-refractivity contribution in [3.63, 3.8) is 0 Å². The van der Waals surface area contributed by atoms with Gasteiger partial charge in [-0.05, 0) is 31.6 Å². The van der Waals surface area contributed by atoms with Gasteiger partial charge in [0.15, 0.2) is 5.78 Å². The minimum Gasteiger partial charge on any atom is -0.299 e. The summed E-state index contributed by atoms with van der Waals surface area (Å²) in [5, 5.41) is 0.709. The Morgan fingerprint density at radius 1 is 1.40 bits per heavy atom. The minimum absolute atomic E-state index is 0.00472. The summed E-state index contributed by atoms with van der Waals surface area (Å²) in [5.41, 5.74) is 0.984. The van der Waals surface area contributed by atoms with Crippen LogP contribution in [-0.4, -0.2) is 30.8 Å². The monoisotopic (exact) mass is 223 g/mol. The Morgan fingerprint density at radius 2 is 2.13 bits per heavy atom. The molecule has 3 heteroatoms. The Balaban J connectivity index is 2.24. The fourth-order valence-corrected chi connectivity index (χ4v) is 2.32. The van der Waals surface area contributed by atoms with E-state index in [4.69, 9.17) is 11.6 Å². The second-order valence-electron chi connectivity index (χ2n) is 4.07. The first-order valence-electron chi connectivity index (χ1n) is 5.14. The maximum Gasteiger partial charge on any atom is 0.154 e. The Morgan fingerprint density at radius 3 is 2.80 bits per heavy atom. The second kappa shape index (κ2) is 4.33. The maximum absolute atomic E-state index is 11.9. The summed E-state index contributed by atoms with van der Waals surface area (Å²) in [6.07, 6.45) is 0.874. The SMILES string of the molecule is CN1CCC(c2ccccc2Cl)C(=O)C1. The van der Waals surface area contributed by atoms with Crippen LogP contribution in [0.2, 0.25) is 5.02 Å². The number of hydrogen-bond acceptors (Lipinski definition) is 2. The third-order valence-electron chi connectivity index (χ3n) is 2.89. The predicted octanol–water partition coefficient (Wildman–Crippen LogP) is 2.33. The number of halogens is 1. The normalized spacial score (nSPS) is 23.1. The summed E-state index contributed by atoms with van der Waals surface area (Å²) in [4.78, 5) is 13.9. The molecule has 2 nitrogen and oxygen atoms in total. The van der Waals surface area contributed by atoms with Crippen LogP contribution >= 0.6 is 11.6 Å². The van der Waals surface area contributed by atoms with Crippen LogP contribution < -0.4 is 0 Å². The third kappa shape index (κ3) is 2.21. The zero-order valence-corrected chi connectivity index (χ0v) is 9.50. The average Bonchev–Trinajstić information content (AvgIpc) is 2.20. The van der Waals surface area contributed by atoms with Crippen molar-refractivity contribution in [3.05, 3.63) is 34.9 Å². The van der Waals surface area contributed by atoms with Crippen molar-refractivity contribution in [1.29, 1.82) is 0 Å². The lowest BCUT2D eigenvalue weighted by Crippen LogP contribution is -2.37. The highest BCUT2D eigenvalue weighted by Crippen LogP contribution is 2.30. The second-order valence-corrected chi connectivity index (χ2v) is 4.47. The molecule has 1 aliphatic rings. The number of ketones is 1. The standard InChI is InChI=1S/C12H14ClNO/c1-14-7-6-10(12(15)8-14)9-4-2-3-5-11(9)13/h2-5,10H,6-8H2,1H3. The number of likely N-dealkylation sites (tertiary alicyclic amines) is 1. The van der Waals surface area contributed by atoms with E-state index in [1.165, 1.54) is 0 Å². The van der Waals surface area contributed by atoms with E-state index in [1.54, 1.807) is 0 Å². The Labute approximate surface area is 94.8 Å². The molecular weight excluding hydrogens is 210 g/mol. The van der Waals surface area contributed by atoms with Crippen LogP contribution in [-0.2, 0) is 4.79 Å². The summed E-state index contributed by atoms with van der Waals surface area (Å²) >= 11 is 6.09. The first-order chi connectivity index (χ1) is 7.18. The van der Waals surface area contributed by atoms with E-state index in [0.29, 0.717) is 11.6 Å². The van der Waals surface area contributed by atoms with Gasteiger partial charge in [0.05, 0.1) is 6.54 Å². The van der Waals surface area contributed by atoms with Gasteiger partial charge < -0.3 is 0 Å². The largest absolute Gasteiger partial charge is 0.299 e.